The van der Waals surface area contributed by atoms with Gasteiger partial charge in [0, 0.05) is 21.1 Å². The number of hydrogen-bond donors (Lipinski definition) is 2. The van der Waals surface area contributed by atoms with Crippen LogP contribution in [-0.4, -0.2) is 24.1 Å². The van der Waals surface area contributed by atoms with Gasteiger partial charge in [0.2, 0.25) is 0 Å². The SMILES string of the molecule is Cc1nn(-c2ccc(Cl)cc2)c2sc(C(=O)Nc3cc(S(=O)(=O)Nc4ccc(Cl)cc4)ccc3Cl)cc12. The first kappa shape index (κ1) is 25.6. The van der Waals surface area contributed by atoms with Crippen molar-refractivity contribution in [2.24, 2.45) is 0 Å². The van der Waals surface area contributed by atoms with Gasteiger partial charge in [0.05, 0.1) is 31.9 Å². The monoisotopic (exact) mass is 590 g/mol. The first-order valence-corrected chi connectivity index (χ1v) is 14.2. The Balaban J connectivity index is 1.42. The second kappa shape index (κ2) is 10.00. The second-order valence-corrected chi connectivity index (χ2v) is 12.0. The molecule has 37 heavy (non-hydrogen) atoms. The highest BCUT2D eigenvalue weighted by atomic mass is 35.5. The summed E-state index contributed by atoms with van der Waals surface area (Å²) in [6.45, 7) is 1.86. The summed E-state index contributed by atoms with van der Waals surface area (Å²) in [6.07, 6.45) is 0. The number of thiophene rings is 1. The lowest BCUT2D eigenvalue weighted by atomic mass is 10.3. The number of rotatable bonds is 6. The second-order valence-electron chi connectivity index (χ2n) is 8.01. The lowest BCUT2D eigenvalue weighted by molar-refractivity contribution is 0.103. The maximum atomic E-state index is 13.1. The van der Waals surface area contributed by atoms with E-state index >= 15 is 0 Å². The first-order valence-electron chi connectivity index (χ1n) is 10.7. The molecular formula is C25H17Cl3N4O3S2. The summed E-state index contributed by atoms with van der Waals surface area (Å²) < 4.78 is 30.0. The Hall–Kier alpha value is -3.08. The average molecular weight is 592 g/mol. The number of anilines is 2. The predicted molar refractivity (Wildman–Crippen MR) is 150 cm³/mol. The minimum atomic E-state index is -3.94. The van der Waals surface area contributed by atoms with E-state index in [1.807, 2.05) is 19.1 Å². The lowest BCUT2D eigenvalue weighted by Crippen LogP contribution is -2.15. The molecule has 188 valence electrons. The summed E-state index contributed by atoms with van der Waals surface area (Å²) in [5.74, 6) is -0.426. The number of nitrogens with one attached hydrogen (secondary N) is 2. The zero-order valence-corrected chi connectivity index (χ0v) is 22.9. The zero-order chi connectivity index (χ0) is 26.3. The van der Waals surface area contributed by atoms with Crippen LogP contribution >= 0.6 is 46.1 Å². The summed E-state index contributed by atoms with van der Waals surface area (Å²) in [5, 5.41) is 9.43. The van der Waals surface area contributed by atoms with Gasteiger partial charge in [0.15, 0.2) is 0 Å². The van der Waals surface area contributed by atoms with E-state index < -0.39 is 15.9 Å². The number of fused-ring (bicyclic) bond motifs is 1. The van der Waals surface area contributed by atoms with Crippen LogP contribution in [0.25, 0.3) is 15.9 Å². The van der Waals surface area contributed by atoms with Crippen LogP contribution in [0.3, 0.4) is 0 Å². The molecule has 0 spiro atoms. The van der Waals surface area contributed by atoms with Crippen molar-refractivity contribution in [2.75, 3.05) is 10.0 Å². The van der Waals surface area contributed by atoms with Crippen molar-refractivity contribution < 1.29 is 13.2 Å². The van der Waals surface area contributed by atoms with E-state index in [1.54, 1.807) is 47.1 Å². The number of amides is 1. The molecule has 7 nitrogen and oxygen atoms in total. The highest BCUT2D eigenvalue weighted by Gasteiger charge is 2.20. The van der Waals surface area contributed by atoms with Crippen LogP contribution in [0.15, 0.2) is 77.7 Å². The summed E-state index contributed by atoms with van der Waals surface area (Å²) in [5.41, 5.74) is 2.09. The van der Waals surface area contributed by atoms with E-state index in [2.05, 4.69) is 15.1 Å². The number of carbonyl (C=O) groups is 1. The predicted octanol–water partition coefficient (Wildman–Crippen LogP) is 7.41. The molecule has 0 aliphatic heterocycles. The number of hydrogen-bond acceptors (Lipinski definition) is 5. The first-order chi connectivity index (χ1) is 17.6. The summed E-state index contributed by atoms with van der Waals surface area (Å²) in [4.78, 5) is 14.3. The molecule has 0 fully saturated rings. The molecule has 0 aliphatic carbocycles. The highest BCUT2D eigenvalue weighted by Crippen LogP contribution is 2.32. The number of aryl methyl sites for hydroxylation is 1. The Morgan fingerprint density at radius 2 is 1.57 bits per heavy atom. The lowest BCUT2D eigenvalue weighted by Gasteiger charge is -2.11. The molecule has 0 unspecified atom stereocenters. The molecule has 0 radical (unpaired) electrons. The van der Waals surface area contributed by atoms with Gasteiger partial charge in [-0.2, -0.15) is 5.10 Å². The van der Waals surface area contributed by atoms with Gasteiger partial charge in [-0.05, 0) is 79.7 Å². The zero-order valence-electron chi connectivity index (χ0n) is 19.0. The molecule has 2 N–H and O–H groups in total. The normalized spacial score (nSPS) is 11.6. The molecule has 2 heterocycles. The number of nitrogens with zero attached hydrogens (tertiary/aromatic N) is 2. The van der Waals surface area contributed by atoms with Crippen LogP contribution in [0.5, 0.6) is 0 Å². The van der Waals surface area contributed by atoms with Gasteiger partial charge in [0.25, 0.3) is 15.9 Å². The minimum absolute atomic E-state index is 0.0623. The van der Waals surface area contributed by atoms with Gasteiger partial charge in [-0.3, -0.25) is 9.52 Å². The van der Waals surface area contributed by atoms with Crippen molar-refractivity contribution in [1.29, 1.82) is 0 Å². The van der Waals surface area contributed by atoms with Gasteiger partial charge in [-0.25, -0.2) is 13.1 Å². The van der Waals surface area contributed by atoms with Gasteiger partial charge >= 0.3 is 0 Å². The third kappa shape index (κ3) is 5.32. The maximum Gasteiger partial charge on any atom is 0.265 e. The fourth-order valence-corrected chi connectivity index (χ4v) is 6.18. The van der Waals surface area contributed by atoms with E-state index in [0.29, 0.717) is 20.6 Å². The molecular weight excluding hydrogens is 575 g/mol. The largest absolute Gasteiger partial charge is 0.320 e. The van der Waals surface area contributed by atoms with Crippen molar-refractivity contribution in [3.05, 3.63) is 98.4 Å². The Morgan fingerprint density at radius 1 is 0.919 bits per heavy atom. The fraction of sp³-hybridized carbons (Fsp3) is 0.0400. The van der Waals surface area contributed by atoms with Crippen molar-refractivity contribution in [2.45, 2.75) is 11.8 Å². The summed E-state index contributed by atoms with van der Waals surface area (Å²) >= 11 is 19.4. The van der Waals surface area contributed by atoms with Gasteiger partial charge < -0.3 is 5.32 Å². The van der Waals surface area contributed by atoms with Crippen molar-refractivity contribution in [1.82, 2.24) is 9.78 Å². The van der Waals surface area contributed by atoms with Gasteiger partial charge in [-0.15, -0.1) is 11.3 Å². The van der Waals surface area contributed by atoms with E-state index in [9.17, 15) is 13.2 Å². The standard InChI is InChI=1S/C25H17Cl3N4O3S2/c1-14-20-13-23(36-25(20)32(30-14)18-8-4-16(27)5-9-18)24(33)29-22-12-19(10-11-21(22)28)37(34,35)31-17-6-2-15(26)3-7-17/h2-13,31H,1H3,(H,29,33). The van der Waals surface area contributed by atoms with Crippen LogP contribution in [-0.2, 0) is 10.0 Å². The Kier molecular flexibility index (Phi) is 6.91. The van der Waals surface area contributed by atoms with E-state index in [1.165, 1.54) is 29.5 Å². The third-order valence-electron chi connectivity index (χ3n) is 5.43. The topological polar surface area (TPSA) is 93.1 Å². The quantitative estimate of drug-likeness (QED) is 0.215. The fourth-order valence-electron chi connectivity index (χ4n) is 3.60. The van der Waals surface area contributed by atoms with Crippen LogP contribution in [0.1, 0.15) is 15.4 Å². The van der Waals surface area contributed by atoms with Crippen LogP contribution < -0.4 is 10.0 Å². The maximum absolute atomic E-state index is 13.1. The van der Waals surface area contributed by atoms with E-state index in [0.717, 1.165) is 21.6 Å². The summed E-state index contributed by atoms with van der Waals surface area (Å²) in [6, 6.07) is 19.3. The van der Waals surface area contributed by atoms with Crippen molar-refractivity contribution >= 4 is 83.7 Å². The molecule has 5 aromatic rings. The molecule has 0 bridgehead atoms. The number of halogens is 3. The average Bonchev–Trinajstić information content (AvgIpc) is 3.43. The molecule has 3 aromatic carbocycles. The molecule has 12 heteroatoms. The Bertz CT molecular complexity index is 1750. The van der Waals surface area contributed by atoms with Crippen molar-refractivity contribution in [3.8, 4) is 5.69 Å². The highest BCUT2D eigenvalue weighted by molar-refractivity contribution is 7.92. The molecule has 2 aromatic heterocycles. The Labute approximate surface area is 231 Å². The third-order valence-corrected chi connectivity index (χ3v) is 8.75. The van der Waals surface area contributed by atoms with Crippen molar-refractivity contribution in [3.63, 3.8) is 0 Å². The molecule has 5 rings (SSSR count). The molecule has 0 aliphatic rings. The van der Waals surface area contributed by atoms with E-state index in [-0.39, 0.29) is 15.6 Å². The number of benzene rings is 3. The minimum Gasteiger partial charge on any atom is -0.320 e. The summed E-state index contributed by atoms with van der Waals surface area (Å²) in [7, 11) is -3.94. The molecule has 0 saturated heterocycles. The van der Waals surface area contributed by atoms with Gasteiger partial charge in [-0.1, -0.05) is 34.8 Å². The van der Waals surface area contributed by atoms with Crippen LogP contribution in [0, 0.1) is 6.92 Å². The van der Waals surface area contributed by atoms with E-state index in [4.69, 9.17) is 34.8 Å². The molecule has 1 amide bonds. The number of aromatic nitrogens is 2. The van der Waals surface area contributed by atoms with Crippen LogP contribution in [0.4, 0.5) is 11.4 Å². The van der Waals surface area contributed by atoms with Gasteiger partial charge in [0.1, 0.15) is 4.83 Å². The molecule has 0 saturated carbocycles. The van der Waals surface area contributed by atoms with Crippen LogP contribution in [0.2, 0.25) is 15.1 Å². The Morgan fingerprint density at radius 3 is 2.24 bits per heavy atom. The smallest absolute Gasteiger partial charge is 0.265 e. The number of carbonyl (C=O) groups excluding carboxylic acids is 1. The molecule has 0 atom stereocenters. The number of sulfonamides is 1.